The van der Waals surface area contributed by atoms with Crippen molar-refractivity contribution >= 4 is 5.84 Å². The molecule has 0 aliphatic rings. The van der Waals surface area contributed by atoms with Crippen molar-refractivity contribution in [2.75, 3.05) is 0 Å². The van der Waals surface area contributed by atoms with E-state index in [-0.39, 0.29) is 11.3 Å². The van der Waals surface area contributed by atoms with Crippen molar-refractivity contribution in [2.45, 2.75) is 6.92 Å². The Hall–Kier alpha value is -2.50. The molecule has 0 spiro atoms. The molecule has 0 bridgehead atoms. The van der Waals surface area contributed by atoms with Crippen molar-refractivity contribution < 1.29 is 17.9 Å². The molecule has 2 aromatic carbocycles. The van der Waals surface area contributed by atoms with Crippen LogP contribution in [0.25, 0.3) is 0 Å². The number of aryl methyl sites for hydroxylation is 1. The van der Waals surface area contributed by atoms with E-state index in [2.05, 4.69) is 0 Å². The van der Waals surface area contributed by atoms with Gasteiger partial charge in [0.25, 0.3) is 0 Å². The second-order valence-electron chi connectivity index (χ2n) is 4.17. The van der Waals surface area contributed by atoms with E-state index in [9.17, 15) is 13.2 Å². The first-order chi connectivity index (χ1) is 9.40. The molecule has 0 atom stereocenters. The summed E-state index contributed by atoms with van der Waals surface area (Å²) in [5.41, 5.74) is 5.33. The summed E-state index contributed by atoms with van der Waals surface area (Å²) < 4.78 is 46.2. The Bertz CT molecular complexity index is 663. The third-order valence-corrected chi connectivity index (χ3v) is 2.68. The maximum absolute atomic E-state index is 13.7. The van der Waals surface area contributed by atoms with Gasteiger partial charge in [0.2, 0.25) is 0 Å². The molecule has 0 aliphatic heterocycles. The molecule has 2 aromatic rings. The highest BCUT2D eigenvalue weighted by Crippen LogP contribution is 2.31. The van der Waals surface area contributed by atoms with Crippen LogP contribution in [0.4, 0.5) is 13.2 Å². The zero-order chi connectivity index (χ0) is 14.9. The van der Waals surface area contributed by atoms with E-state index in [1.807, 2.05) is 0 Å². The molecule has 0 aromatic heterocycles. The van der Waals surface area contributed by atoms with Crippen molar-refractivity contribution in [3.05, 3.63) is 58.9 Å². The van der Waals surface area contributed by atoms with E-state index in [1.54, 1.807) is 0 Å². The van der Waals surface area contributed by atoms with Gasteiger partial charge in [0.1, 0.15) is 5.84 Å². The summed E-state index contributed by atoms with van der Waals surface area (Å²) in [7, 11) is 0. The van der Waals surface area contributed by atoms with Crippen LogP contribution in [0.3, 0.4) is 0 Å². The SMILES string of the molecule is Cc1cccc(Oc2c(F)cc(C(=N)N)cc2F)c1F. The summed E-state index contributed by atoms with van der Waals surface area (Å²) >= 11 is 0. The van der Waals surface area contributed by atoms with Gasteiger partial charge in [-0.1, -0.05) is 12.1 Å². The van der Waals surface area contributed by atoms with Crippen LogP contribution in [0.2, 0.25) is 0 Å². The van der Waals surface area contributed by atoms with Crippen molar-refractivity contribution in [2.24, 2.45) is 5.73 Å². The van der Waals surface area contributed by atoms with E-state index in [4.69, 9.17) is 15.9 Å². The lowest BCUT2D eigenvalue weighted by Crippen LogP contribution is -2.12. The minimum Gasteiger partial charge on any atom is -0.448 e. The number of halogens is 3. The van der Waals surface area contributed by atoms with Gasteiger partial charge in [0.05, 0.1) is 0 Å². The molecule has 0 saturated carbocycles. The van der Waals surface area contributed by atoms with Gasteiger partial charge in [0, 0.05) is 5.56 Å². The monoisotopic (exact) mass is 280 g/mol. The Balaban J connectivity index is 2.44. The second-order valence-corrected chi connectivity index (χ2v) is 4.17. The summed E-state index contributed by atoms with van der Waals surface area (Å²) in [6.07, 6.45) is 0. The number of rotatable bonds is 3. The first-order valence-corrected chi connectivity index (χ1v) is 5.66. The fourth-order valence-corrected chi connectivity index (χ4v) is 1.62. The van der Waals surface area contributed by atoms with Crippen molar-refractivity contribution in [1.82, 2.24) is 0 Å². The zero-order valence-corrected chi connectivity index (χ0v) is 10.5. The maximum atomic E-state index is 13.7. The molecule has 0 unspecified atom stereocenters. The maximum Gasteiger partial charge on any atom is 0.198 e. The zero-order valence-electron chi connectivity index (χ0n) is 10.5. The first-order valence-electron chi connectivity index (χ1n) is 5.66. The van der Waals surface area contributed by atoms with Crippen LogP contribution in [0.5, 0.6) is 11.5 Å². The number of nitrogens with one attached hydrogen (secondary N) is 1. The van der Waals surface area contributed by atoms with Crippen LogP contribution in [0.1, 0.15) is 11.1 Å². The molecule has 104 valence electrons. The van der Waals surface area contributed by atoms with E-state index >= 15 is 0 Å². The average molecular weight is 280 g/mol. The predicted octanol–water partition coefficient (Wildman–Crippen LogP) is 3.49. The van der Waals surface area contributed by atoms with E-state index < -0.39 is 29.0 Å². The van der Waals surface area contributed by atoms with Crippen molar-refractivity contribution in [3.63, 3.8) is 0 Å². The Morgan fingerprint density at radius 3 is 2.30 bits per heavy atom. The van der Waals surface area contributed by atoms with Gasteiger partial charge >= 0.3 is 0 Å². The Morgan fingerprint density at radius 2 is 1.75 bits per heavy atom. The molecule has 0 heterocycles. The van der Waals surface area contributed by atoms with Crippen LogP contribution < -0.4 is 10.5 Å². The number of amidine groups is 1. The van der Waals surface area contributed by atoms with Crippen molar-refractivity contribution in [3.8, 4) is 11.5 Å². The number of nitrogen functional groups attached to an aromatic ring is 1. The number of hydrogen-bond donors (Lipinski definition) is 2. The molecular weight excluding hydrogens is 269 g/mol. The number of nitrogens with two attached hydrogens (primary N) is 1. The molecule has 0 saturated heterocycles. The topological polar surface area (TPSA) is 59.1 Å². The standard InChI is InChI=1S/C14H11F3N2O/c1-7-3-2-4-11(12(7)17)20-13-9(15)5-8(14(18)19)6-10(13)16/h2-6H,1H3,(H3,18,19). The van der Waals surface area contributed by atoms with Crippen LogP contribution in [0, 0.1) is 29.8 Å². The molecule has 20 heavy (non-hydrogen) atoms. The third kappa shape index (κ3) is 2.59. The fraction of sp³-hybridized carbons (Fsp3) is 0.0714. The molecule has 0 fully saturated rings. The van der Waals surface area contributed by atoms with Crippen molar-refractivity contribution in [1.29, 1.82) is 5.41 Å². The molecule has 3 nitrogen and oxygen atoms in total. The highest BCUT2D eigenvalue weighted by atomic mass is 19.1. The quantitative estimate of drug-likeness (QED) is 0.668. The highest BCUT2D eigenvalue weighted by molar-refractivity contribution is 5.95. The van der Waals surface area contributed by atoms with Gasteiger partial charge in [-0.3, -0.25) is 5.41 Å². The van der Waals surface area contributed by atoms with E-state index in [0.717, 1.165) is 12.1 Å². The normalized spacial score (nSPS) is 10.4. The van der Waals surface area contributed by atoms with Gasteiger partial charge in [-0.05, 0) is 30.7 Å². The minimum absolute atomic E-state index is 0.114. The predicted molar refractivity (Wildman–Crippen MR) is 68.6 cm³/mol. The molecule has 2 rings (SSSR count). The summed E-state index contributed by atoms with van der Waals surface area (Å²) in [4.78, 5) is 0. The molecular formula is C14H11F3N2O. The number of benzene rings is 2. The van der Waals surface area contributed by atoms with Gasteiger partial charge in [-0.2, -0.15) is 0 Å². The smallest absolute Gasteiger partial charge is 0.198 e. The Labute approximate surface area is 113 Å². The Morgan fingerprint density at radius 1 is 1.15 bits per heavy atom. The van der Waals surface area contributed by atoms with Crippen LogP contribution >= 0.6 is 0 Å². The van der Waals surface area contributed by atoms with Crippen LogP contribution in [-0.2, 0) is 0 Å². The number of ether oxygens (including phenoxy) is 1. The lowest BCUT2D eigenvalue weighted by Gasteiger charge is -2.11. The molecule has 0 aliphatic carbocycles. The number of hydrogen-bond acceptors (Lipinski definition) is 2. The van der Waals surface area contributed by atoms with Gasteiger partial charge < -0.3 is 10.5 Å². The molecule has 0 amide bonds. The molecule has 0 radical (unpaired) electrons. The summed E-state index contributed by atoms with van der Waals surface area (Å²) in [5.74, 6) is -4.30. The summed E-state index contributed by atoms with van der Waals surface area (Å²) in [5, 5.41) is 7.13. The van der Waals surface area contributed by atoms with E-state index in [1.165, 1.54) is 25.1 Å². The summed E-state index contributed by atoms with van der Waals surface area (Å²) in [6.45, 7) is 1.51. The Kier molecular flexibility index (Phi) is 3.65. The largest absolute Gasteiger partial charge is 0.448 e. The van der Waals surface area contributed by atoms with Crippen LogP contribution in [0.15, 0.2) is 30.3 Å². The molecule has 6 heteroatoms. The van der Waals surface area contributed by atoms with Gasteiger partial charge in [-0.15, -0.1) is 0 Å². The average Bonchev–Trinajstić information content (AvgIpc) is 2.38. The van der Waals surface area contributed by atoms with Gasteiger partial charge in [-0.25, -0.2) is 13.2 Å². The lowest BCUT2D eigenvalue weighted by molar-refractivity contribution is 0.386. The first kappa shape index (κ1) is 13.9. The fourth-order valence-electron chi connectivity index (χ4n) is 1.62. The van der Waals surface area contributed by atoms with Gasteiger partial charge in [0.15, 0.2) is 29.0 Å². The minimum atomic E-state index is -1.06. The van der Waals surface area contributed by atoms with E-state index in [0.29, 0.717) is 5.56 Å². The third-order valence-electron chi connectivity index (χ3n) is 2.68. The molecule has 3 N–H and O–H groups in total. The second kappa shape index (κ2) is 5.24. The summed E-state index contributed by atoms with van der Waals surface area (Å²) in [6, 6.07) is 5.99. The lowest BCUT2D eigenvalue weighted by atomic mass is 10.2. The highest BCUT2D eigenvalue weighted by Gasteiger charge is 2.17. The van der Waals surface area contributed by atoms with Crippen LogP contribution in [-0.4, -0.2) is 5.84 Å².